The van der Waals surface area contributed by atoms with Crippen LogP contribution in [0.4, 0.5) is 0 Å². The van der Waals surface area contributed by atoms with Crippen molar-refractivity contribution >= 4 is 5.91 Å². The van der Waals surface area contributed by atoms with E-state index in [-0.39, 0.29) is 12.5 Å². The molecule has 0 aliphatic carbocycles. The molecule has 2 aliphatic rings. The van der Waals surface area contributed by atoms with Gasteiger partial charge in [-0.15, -0.1) is 0 Å². The molecule has 326 valence electrons. The fourth-order valence-electron chi connectivity index (χ4n) is 7.41. The molecule has 0 radical (unpaired) electrons. The number of carbonyl (C=O) groups is 1. The molecule has 2 aliphatic heterocycles. The Balaban J connectivity index is 1.80. The quantitative estimate of drug-likeness (QED) is 0.0445. The highest BCUT2D eigenvalue weighted by Crippen LogP contribution is 2.30. The lowest BCUT2D eigenvalue weighted by Gasteiger charge is -2.46. The Hall–Kier alpha value is -1.01. The summed E-state index contributed by atoms with van der Waals surface area (Å²) in [5, 5.41) is 86.1. The van der Waals surface area contributed by atoms with Gasteiger partial charge in [-0.3, -0.25) is 4.79 Å². The molecule has 14 nitrogen and oxygen atoms in total. The maximum atomic E-state index is 12.8. The second kappa shape index (κ2) is 30.1. The van der Waals surface area contributed by atoms with Crippen molar-refractivity contribution in [3.8, 4) is 0 Å². The molecule has 14 heteroatoms. The molecule has 12 atom stereocenters. The maximum absolute atomic E-state index is 12.8. The van der Waals surface area contributed by atoms with Crippen molar-refractivity contribution in [2.75, 3.05) is 19.8 Å². The number of carbonyl (C=O) groups excluding carboxylic acids is 1. The zero-order chi connectivity index (χ0) is 40.4. The van der Waals surface area contributed by atoms with E-state index >= 15 is 0 Å². The van der Waals surface area contributed by atoms with Gasteiger partial charge in [0, 0.05) is 6.42 Å². The van der Waals surface area contributed by atoms with Gasteiger partial charge >= 0.3 is 0 Å². The highest BCUT2D eigenvalue weighted by molar-refractivity contribution is 5.76. The molecular weight excluding hydrogens is 714 g/mol. The number of nitrogens with one attached hydrogen (secondary N) is 1. The third kappa shape index (κ3) is 19.1. The van der Waals surface area contributed by atoms with E-state index < -0.39 is 86.8 Å². The lowest BCUT2D eigenvalue weighted by molar-refractivity contribution is -0.359. The van der Waals surface area contributed by atoms with Gasteiger partial charge in [0.15, 0.2) is 12.6 Å². The molecule has 0 spiro atoms. The summed E-state index contributed by atoms with van der Waals surface area (Å²) in [4.78, 5) is 12.8. The molecule has 0 bridgehead atoms. The Morgan fingerprint density at radius 1 is 0.582 bits per heavy atom. The van der Waals surface area contributed by atoms with Gasteiger partial charge in [-0.25, -0.2) is 0 Å². The predicted molar refractivity (Wildman–Crippen MR) is 208 cm³/mol. The topological polar surface area (TPSA) is 228 Å². The average Bonchev–Trinajstić information content (AvgIpc) is 3.18. The van der Waals surface area contributed by atoms with E-state index in [0.717, 1.165) is 44.9 Å². The van der Waals surface area contributed by atoms with Crippen molar-refractivity contribution in [2.24, 2.45) is 0 Å². The van der Waals surface area contributed by atoms with Gasteiger partial charge in [0.05, 0.1) is 32.0 Å². The average molecular weight is 794 g/mol. The van der Waals surface area contributed by atoms with Crippen LogP contribution in [0.1, 0.15) is 162 Å². The molecule has 1 amide bonds. The van der Waals surface area contributed by atoms with Crippen molar-refractivity contribution in [1.29, 1.82) is 0 Å². The molecule has 2 heterocycles. The molecular formula is C41H79NO13. The van der Waals surface area contributed by atoms with E-state index in [9.17, 15) is 45.6 Å². The number of unbranched alkanes of at least 4 members (excludes halogenated alkanes) is 19. The molecule has 2 rings (SSSR count). The summed E-state index contributed by atoms with van der Waals surface area (Å²) >= 11 is 0. The number of amides is 1. The van der Waals surface area contributed by atoms with Crippen molar-refractivity contribution < 1.29 is 64.6 Å². The summed E-state index contributed by atoms with van der Waals surface area (Å²) in [5.41, 5.74) is 0. The zero-order valence-corrected chi connectivity index (χ0v) is 33.9. The van der Waals surface area contributed by atoms with E-state index in [2.05, 4.69) is 19.2 Å². The molecule has 2 saturated heterocycles. The first-order valence-corrected chi connectivity index (χ1v) is 21.8. The number of aliphatic hydroxyl groups is 8. The molecule has 0 aromatic heterocycles. The largest absolute Gasteiger partial charge is 0.394 e. The van der Waals surface area contributed by atoms with Crippen LogP contribution in [-0.2, 0) is 23.7 Å². The number of aliphatic hydroxyl groups excluding tert-OH is 8. The molecule has 0 aromatic carbocycles. The maximum Gasteiger partial charge on any atom is 0.220 e. The minimum absolute atomic E-state index is 0.225. The van der Waals surface area contributed by atoms with Crippen LogP contribution in [0.2, 0.25) is 0 Å². The van der Waals surface area contributed by atoms with Crippen LogP contribution in [0.15, 0.2) is 0 Å². The van der Waals surface area contributed by atoms with Gasteiger partial charge in [-0.05, 0) is 12.8 Å². The van der Waals surface area contributed by atoms with Crippen molar-refractivity contribution in [3.05, 3.63) is 0 Å². The normalized spacial score (nSPS) is 29.6. The van der Waals surface area contributed by atoms with Gasteiger partial charge in [0.1, 0.15) is 48.8 Å². The molecule has 12 unspecified atom stereocenters. The van der Waals surface area contributed by atoms with Crippen LogP contribution >= 0.6 is 0 Å². The van der Waals surface area contributed by atoms with Gasteiger partial charge < -0.3 is 65.1 Å². The SMILES string of the molecule is CCCCCCCCCCCCCCCCCCCC(O)C(COC1OC(CO)C(OC2OC(CO)C(O)C(O)C2O)C(O)C1O)NC(=O)CCCCCC. The summed E-state index contributed by atoms with van der Waals surface area (Å²) in [7, 11) is 0. The van der Waals surface area contributed by atoms with Crippen molar-refractivity contribution in [2.45, 2.75) is 235 Å². The first kappa shape index (κ1) is 50.1. The lowest BCUT2D eigenvalue weighted by Crippen LogP contribution is -2.65. The van der Waals surface area contributed by atoms with E-state index in [1.165, 1.54) is 83.5 Å². The Morgan fingerprint density at radius 2 is 1.04 bits per heavy atom. The fourth-order valence-corrected chi connectivity index (χ4v) is 7.41. The van der Waals surface area contributed by atoms with E-state index in [1.54, 1.807) is 0 Å². The number of hydrogen-bond donors (Lipinski definition) is 9. The molecule has 0 saturated carbocycles. The highest BCUT2D eigenvalue weighted by atomic mass is 16.7. The Kier molecular flexibility index (Phi) is 27.4. The number of rotatable bonds is 32. The lowest BCUT2D eigenvalue weighted by atomic mass is 9.97. The van der Waals surface area contributed by atoms with Crippen LogP contribution in [0.3, 0.4) is 0 Å². The smallest absolute Gasteiger partial charge is 0.220 e. The Bertz CT molecular complexity index is 946. The second-order valence-corrected chi connectivity index (χ2v) is 15.8. The van der Waals surface area contributed by atoms with Crippen LogP contribution in [0.5, 0.6) is 0 Å². The first-order valence-electron chi connectivity index (χ1n) is 21.8. The Morgan fingerprint density at radius 3 is 1.55 bits per heavy atom. The van der Waals surface area contributed by atoms with Crippen molar-refractivity contribution in [1.82, 2.24) is 5.32 Å². The minimum Gasteiger partial charge on any atom is -0.394 e. The van der Waals surface area contributed by atoms with Crippen LogP contribution in [0, 0.1) is 0 Å². The first-order chi connectivity index (χ1) is 26.6. The monoisotopic (exact) mass is 794 g/mol. The van der Waals surface area contributed by atoms with Crippen LogP contribution < -0.4 is 5.32 Å². The summed E-state index contributed by atoms with van der Waals surface area (Å²) in [6, 6.07) is -0.816. The molecule has 0 aromatic rings. The standard InChI is InChI=1S/C41H79NO13/c1-3-5-7-9-10-11-12-13-14-15-16-17-18-19-20-21-22-24-30(45)29(42-33(46)25-23-8-6-4-2)28-52-40-38(51)36(49)39(32(27-44)54-40)55-41-37(50)35(48)34(47)31(26-43)53-41/h29-32,34-41,43-45,47-51H,3-28H2,1-2H3,(H,42,46). The highest BCUT2D eigenvalue weighted by Gasteiger charge is 2.51. The van der Waals surface area contributed by atoms with Crippen LogP contribution in [-0.4, -0.2) is 140 Å². The minimum atomic E-state index is -1.78. The number of ether oxygens (including phenoxy) is 4. The number of hydrogen-bond acceptors (Lipinski definition) is 13. The van der Waals surface area contributed by atoms with Crippen molar-refractivity contribution in [3.63, 3.8) is 0 Å². The third-order valence-corrected chi connectivity index (χ3v) is 11.1. The fraction of sp³-hybridized carbons (Fsp3) is 0.976. The second-order valence-electron chi connectivity index (χ2n) is 15.8. The molecule has 2 fully saturated rings. The van der Waals surface area contributed by atoms with E-state index in [4.69, 9.17) is 18.9 Å². The van der Waals surface area contributed by atoms with E-state index in [1.807, 2.05) is 0 Å². The summed E-state index contributed by atoms with van der Waals surface area (Å²) in [6.45, 7) is 2.70. The summed E-state index contributed by atoms with van der Waals surface area (Å²) in [5.74, 6) is -0.225. The van der Waals surface area contributed by atoms with Gasteiger partial charge in [-0.1, -0.05) is 142 Å². The predicted octanol–water partition coefficient (Wildman–Crippen LogP) is 3.48. The van der Waals surface area contributed by atoms with E-state index in [0.29, 0.717) is 19.3 Å². The van der Waals surface area contributed by atoms with Gasteiger partial charge in [0.25, 0.3) is 0 Å². The Labute approximate surface area is 330 Å². The summed E-state index contributed by atoms with van der Waals surface area (Å²) in [6.07, 6.45) is 9.05. The zero-order valence-electron chi connectivity index (χ0n) is 33.9. The molecule has 9 N–H and O–H groups in total. The molecule has 55 heavy (non-hydrogen) atoms. The van der Waals surface area contributed by atoms with Gasteiger partial charge in [0.2, 0.25) is 5.91 Å². The summed E-state index contributed by atoms with van der Waals surface area (Å²) < 4.78 is 22.5. The van der Waals surface area contributed by atoms with Crippen LogP contribution in [0.25, 0.3) is 0 Å². The van der Waals surface area contributed by atoms with Gasteiger partial charge in [-0.2, -0.15) is 0 Å². The third-order valence-electron chi connectivity index (χ3n) is 11.1.